The number of hydrogen-bond donors (Lipinski definition) is 1. The molecule has 0 bridgehead atoms. The summed E-state index contributed by atoms with van der Waals surface area (Å²) in [6.45, 7) is 1.55. The first kappa shape index (κ1) is 14.8. The number of hydrogen-bond acceptors (Lipinski definition) is 4. The quantitative estimate of drug-likeness (QED) is 0.770. The van der Waals surface area contributed by atoms with E-state index < -0.39 is 9.84 Å². The molecule has 1 N–H and O–H groups in total. The van der Waals surface area contributed by atoms with Gasteiger partial charge >= 0.3 is 0 Å². The van der Waals surface area contributed by atoms with Crippen LogP contribution < -0.4 is 5.32 Å². The molecule has 4 nitrogen and oxygen atoms in total. The van der Waals surface area contributed by atoms with Crippen molar-refractivity contribution >= 4 is 32.4 Å². The van der Waals surface area contributed by atoms with E-state index in [1.54, 1.807) is 36.4 Å². The van der Waals surface area contributed by atoms with Crippen LogP contribution in [0.5, 0.6) is 0 Å². The molecular weight excluding hydrogens is 334 g/mol. The molecule has 3 aromatic rings. The molecule has 23 heavy (non-hydrogen) atoms. The Bertz CT molecular complexity index is 1010. The predicted octanol–water partition coefficient (Wildman–Crippen LogP) is 3.56. The summed E-state index contributed by atoms with van der Waals surface area (Å²) in [5, 5.41) is 4.53. The van der Waals surface area contributed by atoms with Gasteiger partial charge in [-0.3, -0.25) is 0 Å². The first-order chi connectivity index (χ1) is 11.1. The topological polar surface area (TPSA) is 59.3 Å². The maximum Gasteiger partial charge on any atom is 0.206 e. The highest BCUT2D eigenvalue weighted by atomic mass is 35.5. The molecule has 2 aromatic carbocycles. The molecule has 0 spiro atoms. The molecule has 2 heterocycles. The number of halogens is 1. The Balaban J connectivity index is 1.88. The lowest BCUT2D eigenvalue weighted by molar-refractivity contribution is 0.488. The van der Waals surface area contributed by atoms with Crippen molar-refractivity contribution in [2.24, 2.45) is 0 Å². The number of fused-ring (bicyclic) bond motifs is 3. The SMILES string of the molecule is O=S(=O)(c1cccc(Cl)c1)c1ccc2oc3c(c2c1)CCNC3. The second kappa shape index (κ2) is 5.37. The smallest absolute Gasteiger partial charge is 0.206 e. The van der Waals surface area contributed by atoms with Gasteiger partial charge in [0.15, 0.2) is 0 Å². The predicted molar refractivity (Wildman–Crippen MR) is 88.5 cm³/mol. The molecule has 118 valence electrons. The molecule has 1 aromatic heterocycles. The molecule has 0 radical (unpaired) electrons. The molecule has 0 aliphatic carbocycles. The van der Waals surface area contributed by atoms with Crippen molar-refractivity contribution in [2.45, 2.75) is 22.8 Å². The van der Waals surface area contributed by atoms with Crippen molar-refractivity contribution in [2.75, 3.05) is 6.54 Å². The van der Waals surface area contributed by atoms with Gasteiger partial charge in [0.1, 0.15) is 11.3 Å². The third-order valence-electron chi connectivity index (χ3n) is 4.10. The Morgan fingerprint density at radius 1 is 1.09 bits per heavy atom. The lowest BCUT2D eigenvalue weighted by Crippen LogP contribution is -2.22. The molecule has 6 heteroatoms. The van der Waals surface area contributed by atoms with Crippen LogP contribution in [0.2, 0.25) is 5.02 Å². The zero-order valence-corrected chi connectivity index (χ0v) is 13.7. The van der Waals surface area contributed by atoms with Gasteiger partial charge in [-0.05, 0) is 49.4 Å². The highest BCUT2D eigenvalue weighted by Crippen LogP contribution is 2.32. The van der Waals surface area contributed by atoms with Gasteiger partial charge in [0.05, 0.1) is 16.3 Å². The standard InChI is InChI=1S/C17H14ClNO3S/c18-11-2-1-3-12(8-11)23(20,21)13-4-5-16-15(9-13)14-6-7-19-10-17(14)22-16/h1-5,8-9,19H,6-7,10H2. The minimum atomic E-state index is -3.60. The fourth-order valence-corrected chi connectivity index (χ4v) is 4.54. The van der Waals surface area contributed by atoms with Crippen molar-refractivity contribution in [1.29, 1.82) is 0 Å². The summed E-state index contributed by atoms with van der Waals surface area (Å²) in [6.07, 6.45) is 0.836. The second-order valence-corrected chi connectivity index (χ2v) is 7.94. The number of nitrogens with one attached hydrogen (secondary N) is 1. The molecule has 0 saturated carbocycles. The summed E-state index contributed by atoms with van der Waals surface area (Å²) in [7, 11) is -3.60. The van der Waals surface area contributed by atoms with Crippen LogP contribution in [0.25, 0.3) is 11.0 Å². The van der Waals surface area contributed by atoms with E-state index in [9.17, 15) is 8.42 Å². The van der Waals surface area contributed by atoms with Gasteiger partial charge in [-0.15, -0.1) is 0 Å². The van der Waals surface area contributed by atoms with Crippen molar-refractivity contribution in [3.05, 3.63) is 58.8 Å². The lowest BCUT2D eigenvalue weighted by Gasteiger charge is -2.11. The van der Waals surface area contributed by atoms with Crippen LogP contribution in [0.1, 0.15) is 11.3 Å². The minimum absolute atomic E-state index is 0.198. The third-order valence-corrected chi connectivity index (χ3v) is 6.08. The highest BCUT2D eigenvalue weighted by Gasteiger charge is 2.22. The zero-order valence-electron chi connectivity index (χ0n) is 12.2. The first-order valence-corrected chi connectivity index (χ1v) is 9.17. The molecule has 0 unspecified atom stereocenters. The van der Waals surface area contributed by atoms with Gasteiger partial charge in [0, 0.05) is 16.0 Å². The van der Waals surface area contributed by atoms with Crippen molar-refractivity contribution in [3.63, 3.8) is 0 Å². The van der Waals surface area contributed by atoms with Crippen LogP contribution >= 0.6 is 11.6 Å². The van der Waals surface area contributed by atoms with Gasteiger partial charge in [0.25, 0.3) is 0 Å². The van der Waals surface area contributed by atoms with Gasteiger partial charge in [-0.25, -0.2) is 8.42 Å². The van der Waals surface area contributed by atoms with Crippen molar-refractivity contribution < 1.29 is 12.8 Å². The van der Waals surface area contributed by atoms with E-state index in [4.69, 9.17) is 16.0 Å². The van der Waals surface area contributed by atoms with E-state index >= 15 is 0 Å². The van der Waals surface area contributed by atoms with Crippen LogP contribution in [0.3, 0.4) is 0 Å². The molecular formula is C17H14ClNO3S. The number of benzene rings is 2. The highest BCUT2D eigenvalue weighted by molar-refractivity contribution is 7.91. The van der Waals surface area contributed by atoms with Crippen LogP contribution in [-0.4, -0.2) is 15.0 Å². The summed E-state index contributed by atoms with van der Waals surface area (Å²) in [5.74, 6) is 0.892. The second-order valence-electron chi connectivity index (χ2n) is 5.55. The maximum atomic E-state index is 12.8. The summed E-state index contributed by atoms with van der Waals surface area (Å²) >= 11 is 5.92. The fraction of sp³-hybridized carbons (Fsp3) is 0.176. The fourth-order valence-electron chi connectivity index (χ4n) is 2.95. The Morgan fingerprint density at radius 2 is 1.91 bits per heavy atom. The summed E-state index contributed by atoms with van der Waals surface area (Å²) < 4.78 is 31.4. The summed E-state index contributed by atoms with van der Waals surface area (Å²) in [4.78, 5) is 0.456. The Labute approximate surface area is 139 Å². The Hall–Kier alpha value is -1.82. The Morgan fingerprint density at radius 3 is 2.74 bits per heavy atom. The normalized spacial score (nSPS) is 14.8. The molecule has 4 rings (SSSR count). The van der Waals surface area contributed by atoms with E-state index in [-0.39, 0.29) is 9.79 Å². The van der Waals surface area contributed by atoms with E-state index in [2.05, 4.69) is 5.32 Å². The van der Waals surface area contributed by atoms with Gasteiger partial charge in [0.2, 0.25) is 9.84 Å². The molecule has 1 aliphatic rings. The minimum Gasteiger partial charge on any atom is -0.459 e. The number of sulfone groups is 1. The van der Waals surface area contributed by atoms with E-state index in [0.29, 0.717) is 11.6 Å². The summed E-state index contributed by atoms with van der Waals surface area (Å²) in [5.41, 5.74) is 1.82. The maximum absolute atomic E-state index is 12.8. The lowest BCUT2D eigenvalue weighted by atomic mass is 10.1. The largest absolute Gasteiger partial charge is 0.459 e. The monoisotopic (exact) mass is 347 g/mol. The average Bonchev–Trinajstić information content (AvgIpc) is 2.92. The zero-order chi connectivity index (χ0) is 16.0. The van der Waals surface area contributed by atoms with E-state index in [1.807, 2.05) is 0 Å². The van der Waals surface area contributed by atoms with Crippen LogP contribution in [-0.2, 0) is 22.8 Å². The number of rotatable bonds is 2. The molecule has 0 fully saturated rings. The summed E-state index contributed by atoms with van der Waals surface area (Å²) in [6, 6.07) is 11.3. The molecule has 0 saturated heterocycles. The van der Waals surface area contributed by atoms with Gasteiger partial charge in [-0.2, -0.15) is 0 Å². The molecule has 0 atom stereocenters. The van der Waals surface area contributed by atoms with E-state index in [0.717, 1.165) is 35.3 Å². The molecule has 0 amide bonds. The first-order valence-electron chi connectivity index (χ1n) is 7.31. The average molecular weight is 348 g/mol. The van der Waals surface area contributed by atoms with Gasteiger partial charge < -0.3 is 9.73 Å². The van der Waals surface area contributed by atoms with Gasteiger partial charge in [-0.1, -0.05) is 17.7 Å². The Kier molecular flexibility index (Phi) is 3.44. The van der Waals surface area contributed by atoms with Crippen LogP contribution in [0.4, 0.5) is 0 Å². The third kappa shape index (κ3) is 2.45. The van der Waals surface area contributed by atoms with Crippen LogP contribution in [0.15, 0.2) is 56.7 Å². The van der Waals surface area contributed by atoms with Crippen molar-refractivity contribution in [1.82, 2.24) is 5.32 Å². The number of furan rings is 1. The van der Waals surface area contributed by atoms with E-state index in [1.165, 1.54) is 6.07 Å². The van der Waals surface area contributed by atoms with Crippen LogP contribution in [0, 0.1) is 0 Å². The van der Waals surface area contributed by atoms with Crippen molar-refractivity contribution in [3.8, 4) is 0 Å². The molecule has 1 aliphatic heterocycles.